The zero-order valence-corrected chi connectivity index (χ0v) is 17.6. The first kappa shape index (κ1) is 19.5. The number of hydrogen-bond donors (Lipinski definition) is 3. The molecule has 0 fully saturated rings. The molecule has 3 N–H and O–H groups in total. The van der Waals surface area contributed by atoms with Gasteiger partial charge in [0, 0.05) is 6.20 Å². The summed E-state index contributed by atoms with van der Waals surface area (Å²) < 4.78 is 1.47. The lowest BCUT2D eigenvalue weighted by Crippen LogP contribution is -2.28. The predicted octanol–water partition coefficient (Wildman–Crippen LogP) is 3.65. The van der Waals surface area contributed by atoms with E-state index in [2.05, 4.69) is 35.5 Å². The number of anilines is 1. The van der Waals surface area contributed by atoms with Crippen LogP contribution < -0.4 is 10.9 Å². The molecule has 5 rings (SSSR count). The smallest absolute Gasteiger partial charge is 0.267 e. The summed E-state index contributed by atoms with van der Waals surface area (Å²) in [5.41, 5.74) is 1.70. The molecule has 0 saturated carbocycles. The molecule has 4 aromatic heterocycles. The van der Waals surface area contributed by atoms with E-state index in [1.807, 2.05) is 6.92 Å². The lowest BCUT2D eigenvalue weighted by molar-refractivity contribution is 0.659. The fraction of sp³-hybridized carbons (Fsp3) is 0.158. The molecule has 0 spiro atoms. The Hall–Kier alpha value is -3.50. The van der Waals surface area contributed by atoms with Gasteiger partial charge in [0.1, 0.15) is 17.7 Å². The van der Waals surface area contributed by atoms with Crippen molar-refractivity contribution in [3.05, 3.63) is 63.4 Å². The second-order valence-electron chi connectivity index (χ2n) is 6.75. The Morgan fingerprint density at radius 3 is 2.77 bits per heavy atom. The van der Waals surface area contributed by atoms with Crippen molar-refractivity contribution in [2.24, 2.45) is 0 Å². The first-order chi connectivity index (χ1) is 15.1. The van der Waals surface area contributed by atoms with E-state index >= 15 is 0 Å². The van der Waals surface area contributed by atoms with Gasteiger partial charge in [0.15, 0.2) is 11.5 Å². The monoisotopic (exact) mass is 455 g/mol. The molecule has 1 atom stereocenters. The highest BCUT2D eigenvalue weighted by Crippen LogP contribution is 2.30. The van der Waals surface area contributed by atoms with Gasteiger partial charge in [-0.1, -0.05) is 30.1 Å². The summed E-state index contributed by atoms with van der Waals surface area (Å²) in [5.74, 6) is 0.955. The predicted molar refractivity (Wildman–Crippen MR) is 118 cm³/mol. The topological polar surface area (TPSA) is 130 Å². The van der Waals surface area contributed by atoms with Crippen molar-refractivity contribution in [1.29, 1.82) is 0 Å². The summed E-state index contributed by atoms with van der Waals surface area (Å²) in [6.45, 7) is 1.97. The maximum Gasteiger partial charge on any atom is 0.267 e. The number of aromatic amines is 2. The number of nitrogens with zero attached hydrogens (tertiary/aromatic N) is 6. The Labute approximate surface area is 184 Å². The third-order valence-electron chi connectivity index (χ3n) is 4.94. The Balaban J connectivity index is 1.76. The van der Waals surface area contributed by atoms with Gasteiger partial charge in [0.2, 0.25) is 0 Å². The zero-order chi connectivity index (χ0) is 21.5. The van der Waals surface area contributed by atoms with Gasteiger partial charge in [-0.25, -0.2) is 19.9 Å². The van der Waals surface area contributed by atoms with Crippen molar-refractivity contribution in [3.8, 4) is 5.69 Å². The number of halogens is 2. The molecule has 31 heavy (non-hydrogen) atoms. The number of imidazole rings is 1. The highest BCUT2D eigenvalue weighted by molar-refractivity contribution is 6.39. The van der Waals surface area contributed by atoms with Crippen molar-refractivity contribution in [3.63, 3.8) is 0 Å². The van der Waals surface area contributed by atoms with E-state index in [1.165, 1.54) is 10.9 Å². The van der Waals surface area contributed by atoms with Crippen molar-refractivity contribution >= 4 is 51.1 Å². The molecule has 12 heteroatoms. The molecule has 4 heterocycles. The average molecular weight is 456 g/mol. The van der Waals surface area contributed by atoms with Gasteiger partial charge in [-0.15, -0.1) is 0 Å². The fourth-order valence-electron chi connectivity index (χ4n) is 3.47. The van der Waals surface area contributed by atoms with Crippen LogP contribution in [0.25, 0.3) is 27.8 Å². The van der Waals surface area contributed by atoms with Crippen molar-refractivity contribution in [1.82, 2.24) is 39.7 Å². The number of nitrogens with one attached hydrogen (secondary N) is 3. The van der Waals surface area contributed by atoms with E-state index in [0.717, 1.165) is 0 Å². The van der Waals surface area contributed by atoms with E-state index < -0.39 is 6.04 Å². The summed E-state index contributed by atoms with van der Waals surface area (Å²) in [4.78, 5) is 34.0. The number of H-pyrrole nitrogens is 2. The van der Waals surface area contributed by atoms with Gasteiger partial charge in [-0.2, -0.15) is 5.10 Å². The lowest BCUT2D eigenvalue weighted by Gasteiger charge is -2.21. The van der Waals surface area contributed by atoms with Gasteiger partial charge in [0.25, 0.3) is 5.56 Å². The number of rotatable bonds is 5. The maximum atomic E-state index is 13.5. The number of benzene rings is 1. The second-order valence-corrected chi connectivity index (χ2v) is 7.56. The molecular formula is C19H15Cl2N9O. The van der Waals surface area contributed by atoms with E-state index in [4.69, 9.17) is 28.2 Å². The maximum absolute atomic E-state index is 13.5. The van der Waals surface area contributed by atoms with Crippen LogP contribution in [-0.4, -0.2) is 39.7 Å². The summed E-state index contributed by atoms with van der Waals surface area (Å²) in [5, 5.41) is 10.9. The quantitative estimate of drug-likeness (QED) is 0.368. The summed E-state index contributed by atoms with van der Waals surface area (Å²) in [6.07, 6.45) is 6.72. The van der Waals surface area contributed by atoms with Crippen LogP contribution in [0, 0.1) is 0 Å². The van der Waals surface area contributed by atoms with Gasteiger partial charge in [-0.05, 0) is 18.6 Å². The molecule has 1 aromatic carbocycles. The molecule has 0 amide bonds. The molecule has 0 radical (unpaired) electrons. The van der Waals surface area contributed by atoms with Gasteiger partial charge >= 0.3 is 0 Å². The third-order valence-corrected chi connectivity index (χ3v) is 5.56. The molecule has 0 aliphatic heterocycles. The summed E-state index contributed by atoms with van der Waals surface area (Å²) >= 11 is 12.7. The third kappa shape index (κ3) is 3.20. The number of aromatic nitrogens is 8. The highest BCUT2D eigenvalue weighted by Gasteiger charge is 2.24. The highest BCUT2D eigenvalue weighted by atomic mass is 35.5. The molecule has 0 unspecified atom stereocenters. The van der Waals surface area contributed by atoms with Gasteiger partial charge in [-0.3, -0.25) is 14.5 Å². The van der Waals surface area contributed by atoms with Crippen LogP contribution >= 0.6 is 23.2 Å². The van der Waals surface area contributed by atoms with Crippen molar-refractivity contribution in [2.75, 3.05) is 5.32 Å². The normalized spacial score (nSPS) is 12.5. The van der Waals surface area contributed by atoms with Crippen molar-refractivity contribution < 1.29 is 0 Å². The minimum Gasteiger partial charge on any atom is -0.358 e. The molecule has 10 nitrogen and oxygen atoms in total. The van der Waals surface area contributed by atoms with Crippen LogP contribution in [0.5, 0.6) is 0 Å². The van der Waals surface area contributed by atoms with Crippen LogP contribution in [0.4, 0.5) is 5.82 Å². The van der Waals surface area contributed by atoms with E-state index in [-0.39, 0.29) is 16.0 Å². The first-order valence-corrected chi connectivity index (χ1v) is 10.1. The van der Waals surface area contributed by atoms with Gasteiger partial charge < -0.3 is 10.3 Å². The zero-order valence-electron chi connectivity index (χ0n) is 16.1. The second kappa shape index (κ2) is 7.64. The van der Waals surface area contributed by atoms with E-state index in [0.29, 0.717) is 45.5 Å². The van der Waals surface area contributed by atoms with Crippen LogP contribution in [-0.2, 0) is 0 Å². The SMILES string of the molecule is CC[C@H](Nc1ncnc2[nH]cnc12)c1nc2c(Cl)ccc(Cl)c2c(=O)n1-c1cn[nH]c1. The largest absolute Gasteiger partial charge is 0.358 e. The summed E-state index contributed by atoms with van der Waals surface area (Å²) in [6, 6.07) is 2.80. The minimum absolute atomic E-state index is 0.241. The van der Waals surface area contributed by atoms with E-state index in [1.54, 1.807) is 30.9 Å². The Morgan fingerprint density at radius 2 is 2.00 bits per heavy atom. The van der Waals surface area contributed by atoms with Crippen LogP contribution in [0.1, 0.15) is 25.2 Å². The minimum atomic E-state index is -0.406. The Bertz CT molecular complexity index is 1460. The molecule has 0 saturated heterocycles. The van der Waals surface area contributed by atoms with Crippen molar-refractivity contribution in [2.45, 2.75) is 19.4 Å². The molecule has 5 aromatic rings. The molecule has 0 bridgehead atoms. The van der Waals surface area contributed by atoms with Gasteiger partial charge in [0.05, 0.1) is 45.2 Å². The number of hydrogen-bond acceptors (Lipinski definition) is 7. The lowest BCUT2D eigenvalue weighted by atomic mass is 10.1. The standard InChI is InChI=1S/C19H15Cl2N9O/c1-2-12(28-17-15-16(23-7-22-15)24-8-25-17)18-29-14-11(21)4-3-10(20)13(14)19(31)30(18)9-5-26-27-6-9/h3-8,12H,2H2,1H3,(H,26,27)(H2,22,23,24,25,28)/t12-/m0/s1. The molecule has 0 aliphatic carbocycles. The first-order valence-electron chi connectivity index (χ1n) is 9.39. The van der Waals surface area contributed by atoms with Crippen LogP contribution in [0.15, 0.2) is 42.0 Å². The summed E-state index contributed by atoms with van der Waals surface area (Å²) in [7, 11) is 0. The van der Waals surface area contributed by atoms with Crippen LogP contribution in [0.2, 0.25) is 10.0 Å². The van der Waals surface area contributed by atoms with Crippen LogP contribution in [0.3, 0.4) is 0 Å². The number of fused-ring (bicyclic) bond motifs is 2. The molecular weight excluding hydrogens is 441 g/mol. The molecule has 0 aliphatic rings. The van der Waals surface area contributed by atoms with E-state index in [9.17, 15) is 4.79 Å². The Morgan fingerprint density at radius 1 is 1.16 bits per heavy atom. The molecule has 156 valence electrons. The Kier molecular flexibility index (Phi) is 4.79. The average Bonchev–Trinajstić information content (AvgIpc) is 3.46. The fourth-order valence-corrected chi connectivity index (χ4v) is 3.90.